The molecule has 0 bridgehead atoms. The fraction of sp³-hybridized carbons (Fsp3) is 0.733. The van der Waals surface area contributed by atoms with Crippen molar-refractivity contribution in [2.24, 2.45) is 17.6 Å². The van der Waals surface area contributed by atoms with E-state index in [1.165, 1.54) is 64.2 Å². The van der Waals surface area contributed by atoms with Crippen molar-refractivity contribution in [2.75, 3.05) is 36.3 Å². The first kappa shape index (κ1) is 32.4. The van der Waals surface area contributed by atoms with Crippen LogP contribution in [0.5, 0.6) is 0 Å². The smallest absolute Gasteiger partial charge is 0.388 e. The predicted octanol–water partition coefficient (Wildman–Crippen LogP) is 5.35. The summed E-state index contributed by atoms with van der Waals surface area (Å²) in [5.74, 6) is 2.20. The first-order valence-electron chi connectivity index (χ1n) is 15.3. The average molecular weight is 571 g/mol. The summed E-state index contributed by atoms with van der Waals surface area (Å²) in [5, 5.41) is 17.0. The number of aromatic nitrogens is 2. The number of rotatable bonds is 7. The zero-order chi connectivity index (χ0) is 29.8. The zero-order valence-corrected chi connectivity index (χ0v) is 25.1. The topological polar surface area (TPSA) is 151 Å². The lowest BCUT2D eigenvalue weighted by Crippen LogP contribution is -2.55. The van der Waals surface area contributed by atoms with Crippen LogP contribution in [0.25, 0.3) is 0 Å². The highest BCUT2D eigenvalue weighted by Crippen LogP contribution is 2.35. The van der Waals surface area contributed by atoms with E-state index >= 15 is 0 Å². The van der Waals surface area contributed by atoms with E-state index in [0.29, 0.717) is 29.8 Å². The lowest BCUT2D eigenvalue weighted by Gasteiger charge is -2.44. The van der Waals surface area contributed by atoms with Crippen LogP contribution in [0.1, 0.15) is 96.7 Å². The number of carbonyl (C=O) groups is 1. The Balaban J connectivity index is 0.000000443. The summed E-state index contributed by atoms with van der Waals surface area (Å²) in [4.78, 5) is 20.2. The molecular weight excluding hydrogens is 520 g/mol. The third-order valence-electron chi connectivity index (χ3n) is 8.66. The van der Waals surface area contributed by atoms with Crippen LogP contribution in [-0.4, -0.2) is 65.4 Å². The molecule has 3 saturated carbocycles. The van der Waals surface area contributed by atoms with Gasteiger partial charge in [-0.1, -0.05) is 58.3 Å². The van der Waals surface area contributed by atoms with Crippen LogP contribution in [-0.2, 0) is 9.47 Å². The minimum absolute atomic E-state index is 0.0120. The highest BCUT2D eigenvalue weighted by atomic mass is 16.6. The van der Waals surface area contributed by atoms with Gasteiger partial charge in [-0.05, 0) is 44.4 Å². The molecule has 0 spiro atoms. The predicted molar refractivity (Wildman–Crippen MR) is 164 cm³/mol. The Morgan fingerprint density at radius 3 is 2.29 bits per heavy atom. The van der Waals surface area contributed by atoms with Crippen LogP contribution in [0.3, 0.4) is 0 Å². The molecule has 11 heteroatoms. The van der Waals surface area contributed by atoms with Gasteiger partial charge < -0.3 is 31.3 Å². The van der Waals surface area contributed by atoms with Gasteiger partial charge in [0, 0.05) is 19.6 Å². The number of ether oxygens (including phenoxy) is 2. The van der Waals surface area contributed by atoms with Gasteiger partial charge in [0.05, 0.1) is 18.8 Å². The second kappa shape index (κ2) is 16.4. The third kappa shape index (κ3) is 9.20. The molecule has 228 valence electrons. The Bertz CT molecular complexity index is 1010. The van der Waals surface area contributed by atoms with Crippen molar-refractivity contribution in [1.29, 1.82) is 5.41 Å². The van der Waals surface area contributed by atoms with Gasteiger partial charge in [0.15, 0.2) is 11.6 Å². The molecule has 41 heavy (non-hydrogen) atoms. The van der Waals surface area contributed by atoms with Crippen molar-refractivity contribution in [3.8, 4) is 12.8 Å². The molecule has 11 nitrogen and oxygen atoms in total. The van der Waals surface area contributed by atoms with Gasteiger partial charge in [-0.3, -0.25) is 5.41 Å². The fourth-order valence-corrected chi connectivity index (χ4v) is 6.08. The van der Waals surface area contributed by atoms with E-state index in [9.17, 15) is 4.79 Å². The van der Waals surface area contributed by atoms with Gasteiger partial charge in [0.1, 0.15) is 5.69 Å². The Morgan fingerprint density at radius 2 is 1.71 bits per heavy atom. The molecule has 4 aliphatic rings. The summed E-state index contributed by atoms with van der Waals surface area (Å²) >= 11 is 0. The molecule has 3 atom stereocenters. The lowest BCUT2D eigenvalue weighted by atomic mass is 9.80. The van der Waals surface area contributed by atoms with Gasteiger partial charge in [0.2, 0.25) is 5.82 Å². The number of hydrogen-bond donors (Lipinski definition) is 5. The maximum absolute atomic E-state index is 11.2. The number of hydrazine groups is 1. The summed E-state index contributed by atoms with van der Waals surface area (Å²) in [7, 11) is 1.82. The number of nitrogens with zero attached hydrogens (tertiary/aromatic N) is 3. The first-order chi connectivity index (χ1) is 19.9. The monoisotopic (exact) mass is 570 g/mol. The van der Waals surface area contributed by atoms with Crippen molar-refractivity contribution >= 4 is 29.3 Å². The van der Waals surface area contributed by atoms with Crippen LogP contribution in [0.4, 0.5) is 22.1 Å². The fourth-order valence-electron chi connectivity index (χ4n) is 6.08. The maximum Gasteiger partial charge on any atom is 0.411 e. The summed E-state index contributed by atoms with van der Waals surface area (Å²) < 4.78 is 10.8. The molecule has 1 amide bonds. The van der Waals surface area contributed by atoms with Crippen LogP contribution in [0.15, 0.2) is 0 Å². The van der Waals surface area contributed by atoms with E-state index in [-0.39, 0.29) is 24.0 Å². The standard InChI is InChI=1S/C21H34N8O3.C7H14.C2H2/c1-12(13-6-5-7-13)25-18-16(24-2)19(27-20(26-18)17(22)32-21(23)30)28-29-10-11-31-15-9-4-3-8-14(15)29;1-7-5-3-2-4-6-7;1-2/h12-15,22,24H,3-11H2,1-2H3,(H2,23,30)(H2,25,26,27,28);7H,2-6H2,1H3;1-2H/t12-,14?,15?;;/m1../s1. The Labute approximate surface area is 245 Å². The number of terminal acetylenes is 1. The minimum atomic E-state index is -1.07. The van der Waals surface area contributed by atoms with E-state index in [0.717, 1.165) is 25.3 Å². The average Bonchev–Trinajstić information content (AvgIpc) is 2.94. The second-order valence-corrected chi connectivity index (χ2v) is 11.6. The largest absolute Gasteiger partial charge is 0.411 e. The molecule has 5 rings (SSSR count). The van der Waals surface area contributed by atoms with Crippen molar-refractivity contribution in [2.45, 2.75) is 109 Å². The van der Waals surface area contributed by atoms with Gasteiger partial charge >= 0.3 is 6.09 Å². The van der Waals surface area contributed by atoms with Crippen LogP contribution >= 0.6 is 0 Å². The number of primary amides is 1. The van der Waals surface area contributed by atoms with Crippen LogP contribution in [0.2, 0.25) is 0 Å². The van der Waals surface area contributed by atoms with E-state index in [1.54, 1.807) is 0 Å². The molecule has 1 aliphatic heterocycles. The molecular formula is C30H50N8O3. The maximum atomic E-state index is 11.2. The summed E-state index contributed by atoms with van der Waals surface area (Å²) in [6.07, 6.45) is 22.6. The lowest BCUT2D eigenvalue weighted by molar-refractivity contribution is -0.0792. The number of nitrogens with two attached hydrogens (primary N) is 1. The van der Waals surface area contributed by atoms with Crippen LogP contribution < -0.4 is 21.8 Å². The number of anilines is 3. The normalized spacial score (nSPS) is 23.5. The van der Waals surface area contributed by atoms with Crippen molar-refractivity contribution in [3.05, 3.63) is 5.82 Å². The summed E-state index contributed by atoms with van der Waals surface area (Å²) in [5.41, 5.74) is 9.26. The molecule has 3 aliphatic carbocycles. The molecule has 2 heterocycles. The quantitative estimate of drug-likeness (QED) is 0.166. The second-order valence-electron chi connectivity index (χ2n) is 11.6. The molecule has 1 aromatic heterocycles. The van der Waals surface area contributed by atoms with Gasteiger partial charge in [-0.15, -0.1) is 12.8 Å². The number of morpholine rings is 1. The Morgan fingerprint density at radius 1 is 1.05 bits per heavy atom. The van der Waals surface area contributed by atoms with Crippen LogP contribution in [0, 0.1) is 30.1 Å². The number of fused-ring (bicyclic) bond motifs is 1. The SMILES string of the molecule is C#C.CC1CCCCC1.CNc1c(N[C@H](C)C2CCC2)nc(C(=N)OC(N)=O)nc1NN1CCOC2CCCCC21. The van der Waals surface area contributed by atoms with Gasteiger partial charge in [0.25, 0.3) is 5.90 Å². The van der Waals surface area contributed by atoms with Crippen molar-refractivity contribution in [3.63, 3.8) is 0 Å². The Hall–Kier alpha value is -3.10. The van der Waals surface area contributed by atoms with Gasteiger partial charge in [-0.25, -0.2) is 19.8 Å². The molecule has 1 aromatic rings. The van der Waals surface area contributed by atoms with Gasteiger partial charge in [-0.2, -0.15) is 0 Å². The third-order valence-corrected chi connectivity index (χ3v) is 8.66. The van der Waals surface area contributed by atoms with Crippen molar-refractivity contribution < 1.29 is 14.3 Å². The zero-order valence-electron chi connectivity index (χ0n) is 25.1. The minimum Gasteiger partial charge on any atom is -0.388 e. The Kier molecular flexibility index (Phi) is 12.9. The molecule has 2 unspecified atom stereocenters. The molecule has 6 N–H and O–H groups in total. The number of hydrogen-bond acceptors (Lipinski definition) is 10. The van der Waals surface area contributed by atoms with E-state index in [4.69, 9.17) is 20.6 Å². The summed E-state index contributed by atoms with van der Waals surface area (Å²) in [6, 6.07) is 0.469. The van der Waals surface area contributed by atoms with E-state index in [1.807, 2.05) is 7.05 Å². The van der Waals surface area contributed by atoms with E-state index in [2.05, 4.69) is 57.7 Å². The number of carbonyl (C=O) groups excluding carboxylic acids is 1. The van der Waals surface area contributed by atoms with E-state index < -0.39 is 12.0 Å². The first-order valence-corrected chi connectivity index (χ1v) is 15.3. The molecule has 0 aromatic carbocycles. The number of amides is 1. The molecule has 4 fully saturated rings. The summed E-state index contributed by atoms with van der Waals surface area (Å²) in [6.45, 7) is 5.86. The van der Waals surface area contributed by atoms with Crippen molar-refractivity contribution in [1.82, 2.24) is 15.0 Å². The number of nitrogens with one attached hydrogen (secondary N) is 4. The molecule has 1 saturated heterocycles. The highest BCUT2D eigenvalue weighted by Gasteiger charge is 2.35. The molecule has 0 radical (unpaired) electrons. The highest BCUT2D eigenvalue weighted by molar-refractivity contribution is 5.96.